The van der Waals surface area contributed by atoms with Crippen molar-refractivity contribution < 1.29 is 9.05 Å². The van der Waals surface area contributed by atoms with Gasteiger partial charge < -0.3 is 9.05 Å². The Labute approximate surface area is 124 Å². The van der Waals surface area contributed by atoms with E-state index >= 15 is 0 Å². The molecule has 0 saturated carbocycles. The van der Waals surface area contributed by atoms with Crippen molar-refractivity contribution in [3.63, 3.8) is 0 Å². The van der Waals surface area contributed by atoms with Gasteiger partial charge in [-0.1, -0.05) is 18.2 Å². The summed E-state index contributed by atoms with van der Waals surface area (Å²) in [7, 11) is 0. The largest absolute Gasteiger partial charge is 0.322 e. The molecule has 0 aromatic heterocycles. The summed E-state index contributed by atoms with van der Waals surface area (Å²) < 4.78 is 11.7. The van der Waals surface area contributed by atoms with Crippen LogP contribution < -0.4 is 5.30 Å². The molecule has 0 saturated heterocycles. The van der Waals surface area contributed by atoms with Gasteiger partial charge in [0.25, 0.3) is 0 Å². The molecule has 2 nitrogen and oxygen atoms in total. The van der Waals surface area contributed by atoms with E-state index in [-0.39, 0.29) is 12.2 Å². The second kappa shape index (κ2) is 7.84. The van der Waals surface area contributed by atoms with E-state index in [4.69, 9.17) is 44.1 Å². The molecule has 102 valence electrons. The van der Waals surface area contributed by atoms with Gasteiger partial charge in [0.05, 0.1) is 12.2 Å². The molecule has 0 fully saturated rings. The third kappa shape index (κ3) is 4.80. The fourth-order valence-electron chi connectivity index (χ4n) is 1.29. The zero-order valence-corrected chi connectivity index (χ0v) is 13.6. The molecule has 1 aromatic carbocycles. The molecule has 0 aliphatic rings. The molecule has 0 amide bonds. The first-order valence-corrected chi connectivity index (χ1v) is 9.37. The second-order valence-corrected chi connectivity index (χ2v) is 7.97. The maximum absolute atomic E-state index is 5.86. The zero-order chi connectivity index (χ0) is 13.6. The zero-order valence-electron chi connectivity index (χ0n) is 10.4. The smallest absolute Gasteiger partial charge is 0.220 e. The molecule has 0 heterocycles. The predicted octanol–water partition coefficient (Wildman–Crippen LogP) is 3.91. The van der Waals surface area contributed by atoms with Crippen molar-refractivity contribution in [1.82, 2.24) is 0 Å². The lowest BCUT2D eigenvalue weighted by Gasteiger charge is -2.27. The summed E-state index contributed by atoms with van der Waals surface area (Å²) >= 11 is 17.2. The van der Waals surface area contributed by atoms with Crippen molar-refractivity contribution in [2.75, 3.05) is 11.8 Å². The maximum Gasteiger partial charge on any atom is 0.220 e. The highest BCUT2D eigenvalue weighted by atomic mass is 35.5. The SMILES string of the molecule is CC(CCl)OP(=S)(OC(C)CCl)c1ccccc1. The first-order chi connectivity index (χ1) is 8.51. The number of rotatable bonds is 7. The Morgan fingerprint density at radius 1 is 1.06 bits per heavy atom. The van der Waals surface area contributed by atoms with E-state index in [2.05, 4.69) is 0 Å². The average molecular weight is 327 g/mol. The minimum Gasteiger partial charge on any atom is -0.322 e. The number of benzene rings is 1. The third-order valence-corrected chi connectivity index (χ3v) is 6.37. The summed E-state index contributed by atoms with van der Waals surface area (Å²) in [5, 5.41) is 0.883. The molecule has 2 unspecified atom stereocenters. The maximum atomic E-state index is 5.86. The third-order valence-electron chi connectivity index (χ3n) is 2.14. The molecule has 6 heteroatoms. The number of alkyl halides is 2. The van der Waals surface area contributed by atoms with Gasteiger partial charge in [-0.05, 0) is 37.8 Å². The molecular weight excluding hydrogens is 310 g/mol. The van der Waals surface area contributed by atoms with Crippen LogP contribution >= 0.6 is 29.7 Å². The molecule has 18 heavy (non-hydrogen) atoms. The number of hydrogen-bond donors (Lipinski definition) is 0. The van der Waals surface area contributed by atoms with E-state index in [1.807, 2.05) is 44.2 Å². The van der Waals surface area contributed by atoms with E-state index in [1.165, 1.54) is 0 Å². The van der Waals surface area contributed by atoms with Crippen molar-refractivity contribution in [3.05, 3.63) is 30.3 Å². The van der Waals surface area contributed by atoms with Gasteiger partial charge in [0, 0.05) is 17.1 Å². The normalized spacial score (nSPS) is 18.0. The lowest BCUT2D eigenvalue weighted by Crippen LogP contribution is -2.20. The van der Waals surface area contributed by atoms with Crippen LogP contribution in [0.1, 0.15) is 13.8 Å². The van der Waals surface area contributed by atoms with Crippen LogP contribution in [-0.4, -0.2) is 24.0 Å². The van der Waals surface area contributed by atoms with Crippen LogP contribution in [0.15, 0.2) is 30.3 Å². The first kappa shape index (κ1) is 16.4. The van der Waals surface area contributed by atoms with E-state index in [0.717, 1.165) is 5.30 Å². The van der Waals surface area contributed by atoms with Crippen LogP contribution in [0, 0.1) is 0 Å². The van der Waals surface area contributed by atoms with Crippen LogP contribution in [0.2, 0.25) is 0 Å². The van der Waals surface area contributed by atoms with Gasteiger partial charge in [0.1, 0.15) is 0 Å². The molecular formula is C12H17Cl2O2PS. The van der Waals surface area contributed by atoms with Gasteiger partial charge in [-0.3, -0.25) is 0 Å². The Balaban J connectivity index is 2.98. The average Bonchev–Trinajstić information content (AvgIpc) is 2.39. The summed E-state index contributed by atoms with van der Waals surface area (Å²) in [6.07, 6.45) is -0.305. The van der Waals surface area contributed by atoms with Crippen molar-refractivity contribution >= 4 is 46.8 Å². The Kier molecular flexibility index (Phi) is 7.15. The van der Waals surface area contributed by atoms with E-state index in [0.29, 0.717) is 11.8 Å². The first-order valence-electron chi connectivity index (χ1n) is 5.66. The lowest BCUT2D eigenvalue weighted by atomic mass is 10.4. The molecule has 1 rings (SSSR count). The Bertz CT molecular complexity index is 386. The molecule has 0 spiro atoms. The molecule has 0 radical (unpaired) electrons. The molecule has 0 aliphatic carbocycles. The topological polar surface area (TPSA) is 18.5 Å². The number of hydrogen-bond acceptors (Lipinski definition) is 3. The minimum atomic E-state index is -2.55. The van der Waals surface area contributed by atoms with Gasteiger partial charge >= 0.3 is 0 Å². The van der Waals surface area contributed by atoms with Gasteiger partial charge in [0.2, 0.25) is 6.49 Å². The van der Waals surface area contributed by atoms with Gasteiger partial charge in [-0.25, -0.2) is 0 Å². The highest BCUT2D eigenvalue weighted by molar-refractivity contribution is 8.13. The van der Waals surface area contributed by atoms with Crippen molar-refractivity contribution in [1.29, 1.82) is 0 Å². The van der Waals surface area contributed by atoms with Crippen LogP contribution in [0.4, 0.5) is 0 Å². The van der Waals surface area contributed by atoms with Crippen molar-refractivity contribution in [3.8, 4) is 0 Å². The fraction of sp³-hybridized carbons (Fsp3) is 0.500. The Hall–Kier alpha value is 0.370. The predicted molar refractivity (Wildman–Crippen MR) is 82.9 cm³/mol. The van der Waals surface area contributed by atoms with Crippen molar-refractivity contribution in [2.24, 2.45) is 0 Å². The van der Waals surface area contributed by atoms with Gasteiger partial charge in [-0.15, -0.1) is 23.2 Å². The summed E-state index contributed by atoms with van der Waals surface area (Å²) in [5.41, 5.74) is 0. The van der Waals surface area contributed by atoms with Crippen LogP contribution in [-0.2, 0) is 20.9 Å². The standard InChI is InChI=1S/C12H17Cl2O2PS/c1-10(8-13)15-17(18,16-11(2)9-14)12-6-4-3-5-7-12/h3-7,10-11H,8-9H2,1-2H3. The fourth-order valence-corrected chi connectivity index (χ4v) is 4.76. The monoisotopic (exact) mass is 326 g/mol. The second-order valence-electron chi connectivity index (χ2n) is 3.97. The van der Waals surface area contributed by atoms with Crippen LogP contribution in [0.3, 0.4) is 0 Å². The van der Waals surface area contributed by atoms with Crippen molar-refractivity contribution in [2.45, 2.75) is 26.1 Å². The van der Waals surface area contributed by atoms with Crippen LogP contribution in [0.5, 0.6) is 0 Å². The Morgan fingerprint density at radius 3 is 1.89 bits per heavy atom. The molecule has 0 aliphatic heterocycles. The lowest BCUT2D eigenvalue weighted by molar-refractivity contribution is 0.184. The summed E-state index contributed by atoms with van der Waals surface area (Å²) in [6.45, 7) is 1.21. The van der Waals surface area contributed by atoms with E-state index < -0.39 is 6.49 Å². The summed E-state index contributed by atoms with van der Waals surface area (Å²) in [6, 6.07) is 9.60. The molecule has 1 aromatic rings. The van der Waals surface area contributed by atoms with Gasteiger partial charge in [0.15, 0.2) is 0 Å². The molecule has 0 bridgehead atoms. The summed E-state index contributed by atoms with van der Waals surface area (Å²) in [4.78, 5) is 0. The minimum absolute atomic E-state index is 0.153. The van der Waals surface area contributed by atoms with E-state index in [1.54, 1.807) is 0 Å². The quantitative estimate of drug-likeness (QED) is 0.559. The molecule has 0 N–H and O–H groups in total. The molecule has 2 atom stereocenters. The van der Waals surface area contributed by atoms with Crippen LogP contribution in [0.25, 0.3) is 0 Å². The van der Waals surface area contributed by atoms with E-state index in [9.17, 15) is 0 Å². The number of halogens is 2. The van der Waals surface area contributed by atoms with Gasteiger partial charge in [-0.2, -0.15) is 0 Å². The Morgan fingerprint density at radius 2 is 1.50 bits per heavy atom. The summed E-state index contributed by atoms with van der Waals surface area (Å²) in [5.74, 6) is 0.758. The highest BCUT2D eigenvalue weighted by Gasteiger charge is 2.26. The highest BCUT2D eigenvalue weighted by Crippen LogP contribution is 2.49.